The van der Waals surface area contributed by atoms with E-state index in [0.717, 1.165) is 44.5 Å². The molecule has 3 atom stereocenters. The summed E-state index contributed by atoms with van der Waals surface area (Å²) in [6.07, 6.45) is 5.71. The van der Waals surface area contributed by atoms with Crippen molar-refractivity contribution in [3.63, 3.8) is 0 Å². The first-order valence-corrected chi connectivity index (χ1v) is 17.0. The van der Waals surface area contributed by atoms with Gasteiger partial charge < -0.3 is 19.9 Å². The Morgan fingerprint density at radius 1 is 1.10 bits per heavy atom. The minimum Gasteiger partial charge on any atom is -0.435 e. The normalized spacial score (nSPS) is 23.5. The molecule has 2 unspecified atom stereocenters. The second-order valence-corrected chi connectivity index (χ2v) is 15.3. The van der Waals surface area contributed by atoms with Gasteiger partial charge in [-0.3, -0.25) is 4.90 Å². The third-order valence-corrected chi connectivity index (χ3v) is 10.4. The lowest BCUT2D eigenvalue weighted by Crippen LogP contribution is -2.35. The quantitative estimate of drug-likeness (QED) is 0.222. The van der Waals surface area contributed by atoms with Gasteiger partial charge >= 0.3 is 6.61 Å². The van der Waals surface area contributed by atoms with Crippen LogP contribution in [-0.4, -0.2) is 53.9 Å². The number of nitrogens with zero attached hydrogens (tertiary/aromatic N) is 4. The first-order valence-electron chi connectivity index (χ1n) is 14.1. The Kier molecular flexibility index (Phi) is 7.86. The standard InChI is InChI=1S/C30H32ClF2N6O2P/c1-42(2,40)27-12-21(41-29(32)33)9-10-26(27)37-28-25(31)14-35-30(38-28)36-19-6-3-17-4-7-20(8-5-18(17)11-19)39-15-23-22(13-34)24(23)16-39/h3,6,9-12,14,20,22-24,29H,4-5,7-8,15-16H2,1-2H3,(H2,35,36,37,38)/t20-,22?,23?,24?/m1/s1. The van der Waals surface area contributed by atoms with Crippen molar-refractivity contribution < 1.29 is 18.1 Å². The van der Waals surface area contributed by atoms with Gasteiger partial charge in [0.25, 0.3) is 0 Å². The van der Waals surface area contributed by atoms with Crippen molar-refractivity contribution in [2.24, 2.45) is 17.8 Å². The lowest BCUT2D eigenvalue weighted by atomic mass is 10.0. The van der Waals surface area contributed by atoms with Gasteiger partial charge in [0.05, 0.1) is 23.9 Å². The number of hydrogen-bond acceptors (Lipinski definition) is 8. The molecule has 220 valence electrons. The fraction of sp³-hybridized carbons (Fsp3) is 0.433. The van der Waals surface area contributed by atoms with Crippen LogP contribution >= 0.6 is 18.7 Å². The molecule has 0 amide bonds. The summed E-state index contributed by atoms with van der Waals surface area (Å²) in [5.74, 6) is 1.96. The van der Waals surface area contributed by atoms with E-state index < -0.39 is 13.8 Å². The van der Waals surface area contributed by atoms with E-state index in [0.29, 0.717) is 34.8 Å². The van der Waals surface area contributed by atoms with Crippen LogP contribution in [0.25, 0.3) is 0 Å². The Balaban J connectivity index is 1.15. The van der Waals surface area contributed by atoms with E-state index in [1.807, 2.05) is 6.07 Å². The zero-order chi connectivity index (χ0) is 29.6. The predicted molar refractivity (Wildman–Crippen MR) is 160 cm³/mol. The van der Waals surface area contributed by atoms with Gasteiger partial charge in [0.15, 0.2) is 5.82 Å². The van der Waals surface area contributed by atoms with Crippen molar-refractivity contribution >= 4 is 47.2 Å². The van der Waals surface area contributed by atoms with Gasteiger partial charge in [-0.1, -0.05) is 17.7 Å². The van der Waals surface area contributed by atoms with Crippen LogP contribution in [0.2, 0.25) is 5.02 Å². The molecule has 1 saturated carbocycles. The minimum atomic E-state index is -2.99. The molecule has 0 bridgehead atoms. The van der Waals surface area contributed by atoms with E-state index >= 15 is 0 Å². The molecule has 8 nitrogen and oxygen atoms in total. The summed E-state index contributed by atoms with van der Waals surface area (Å²) in [7, 11) is -2.88. The van der Waals surface area contributed by atoms with Crippen molar-refractivity contribution in [2.75, 3.05) is 37.1 Å². The lowest BCUT2D eigenvalue weighted by Gasteiger charge is -2.28. The number of likely N-dealkylation sites (tertiary alicyclic amines) is 1. The lowest BCUT2D eigenvalue weighted by molar-refractivity contribution is -0.0497. The second-order valence-electron chi connectivity index (χ2n) is 11.7. The van der Waals surface area contributed by atoms with E-state index in [1.165, 1.54) is 35.5 Å². The third-order valence-electron chi connectivity index (χ3n) is 8.62. The number of alkyl halides is 2. The molecule has 3 aliphatic rings. The number of nitriles is 1. The molecule has 1 aliphatic heterocycles. The fourth-order valence-corrected chi connectivity index (χ4v) is 7.68. The van der Waals surface area contributed by atoms with Crippen LogP contribution < -0.4 is 20.7 Å². The molecule has 0 radical (unpaired) electrons. The Hall–Kier alpha value is -3.25. The molecule has 3 aromatic rings. The van der Waals surface area contributed by atoms with Crippen LogP contribution in [0.5, 0.6) is 5.75 Å². The van der Waals surface area contributed by atoms with Crippen molar-refractivity contribution in [1.29, 1.82) is 5.26 Å². The van der Waals surface area contributed by atoms with Crippen molar-refractivity contribution in [2.45, 2.75) is 38.3 Å². The predicted octanol–water partition coefficient (Wildman–Crippen LogP) is 6.42. The first-order chi connectivity index (χ1) is 20.1. The molecule has 0 spiro atoms. The molecule has 1 saturated heterocycles. The summed E-state index contributed by atoms with van der Waals surface area (Å²) in [5.41, 5.74) is 3.96. The van der Waals surface area contributed by atoms with Crippen LogP contribution in [0.1, 0.15) is 24.0 Å². The summed E-state index contributed by atoms with van der Waals surface area (Å²) in [4.78, 5) is 11.5. The molecule has 2 N–H and O–H groups in total. The summed E-state index contributed by atoms with van der Waals surface area (Å²) in [5, 5.41) is 16.2. The molecule has 42 heavy (non-hydrogen) atoms. The van der Waals surface area contributed by atoms with Crippen molar-refractivity contribution in [3.8, 4) is 11.8 Å². The number of anilines is 4. The summed E-state index contributed by atoms with van der Waals surface area (Å²) in [6.45, 7) is 2.23. The highest BCUT2D eigenvalue weighted by Gasteiger charge is 2.56. The van der Waals surface area contributed by atoms with Crippen LogP contribution in [0.4, 0.5) is 31.9 Å². The van der Waals surface area contributed by atoms with Gasteiger partial charge in [0.1, 0.15) is 17.9 Å². The van der Waals surface area contributed by atoms with Crippen LogP contribution in [-0.2, 0) is 17.4 Å². The first kappa shape index (κ1) is 28.9. The number of hydrogen-bond donors (Lipinski definition) is 2. The maximum Gasteiger partial charge on any atom is 0.387 e. The molecule has 1 aromatic heterocycles. The highest BCUT2D eigenvalue weighted by molar-refractivity contribution is 7.70. The number of ether oxygens (including phenoxy) is 1. The Labute approximate surface area is 248 Å². The smallest absolute Gasteiger partial charge is 0.387 e. The van der Waals surface area contributed by atoms with Gasteiger partial charge in [0.2, 0.25) is 5.95 Å². The SMILES string of the molecule is CP(C)(=O)c1cc(OC(F)F)ccc1Nc1nc(Nc2ccc3c(c2)CC[C@H](N2CC4C(C#N)C4C2)CC3)ncc1Cl. The Morgan fingerprint density at radius 3 is 2.52 bits per heavy atom. The second kappa shape index (κ2) is 11.4. The van der Waals surface area contributed by atoms with Gasteiger partial charge in [0, 0.05) is 30.1 Å². The highest BCUT2D eigenvalue weighted by Crippen LogP contribution is 2.52. The average molecular weight is 613 g/mol. The van der Waals surface area contributed by atoms with Crippen LogP contribution in [0.3, 0.4) is 0 Å². The van der Waals surface area contributed by atoms with E-state index in [-0.39, 0.29) is 22.5 Å². The van der Waals surface area contributed by atoms with Crippen LogP contribution in [0, 0.1) is 29.1 Å². The monoisotopic (exact) mass is 612 g/mol. The molecular weight excluding hydrogens is 581 g/mol. The van der Waals surface area contributed by atoms with E-state index in [4.69, 9.17) is 11.6 Å². The Morgan fingerprint density at radius 2 is 1.83 bits per heavy atom. The van der Waals surface area contributed by atoms with Crippen molar-refractivity contribution in [3.05, 3.63) is 58.7 Å². The highest BCUT2D eigenvalue weighted by atomic mass is 35.5. The number of piperidine rings is 1. The van der Waals surface area contributed by atoms with Crippen molar-refractivity contribution in [1.82, 2.24) is 14.9 Å². The van der Waals surface area contributed by atoms with E-state index in [2.05, 4.69) is 48.4 Å². The molecule has 2 fully saturated rings. The van der Waals surface area contributed by atoms with E-state index in [9.17, 15) is 18.6 Å². The number of rotatable bonds is 8. The number of halogens is 3. The molecule has 6 rings (SSSR count). The van der Waals surface area contributed by atoms with E-state index in [1.54, 1.807) is 13.3 Å². The summed E-state index contributed by atoms with van der Waals surface area (Å²) in [6, 6.07) is 13.6. The summed E-state index contributed by atoms with van der Waals surface area (Å²) >= 11 is 6.40. The largest absolute Gasteiger partial charge is 0.435 e. The summed E-state index contributed by atoms with van der Waals surface area (Å²) < 4.78 is 43.0. The molecule has 2 aromatic carbocycles. The topological polar surface area (TPSA) is 103 Å². The molecule has 2 heterocycles. The number of aromatic nitrogens is 2. The average Bonchev–Trinajstić information content (AvgIpc) is 3.50. The van der Waals surface area contributed by atoms with Gasteiger partial charge in [-0.25, -0.2) is 4.98 Å². The van der Waals surface area contributed by atoms with Crippen LogP contribution in [0.15, 0.2) is 42.6 Å². The molecular formula is C30H32ClF2N6O2P. The zero-order valence-electron chi connectivity index (χ0n) is 23.4. The number of nitrogens with one attached hydrogen (secondary N) is 2. The maximum absolute atomic E-state index is 13.0. The molecule has 2 aliphatic carbocycles. The van der Waals surface area contributed by atoms with Gasteiger partial charge in [-0.2, -0.15) is 19.0 Å². The maximum atomic E-state index is 13.0. The third kappa shape index (κ3) is 6.10. The minimum absolute atomic E-state index is 0.0789. The number of fused-ring (bicyclic) bond motifs is 2. The Bertz CT molecular complexity index is 1580. The number of aryl methyl sites for hydroxylation is 2. The molecule has 12 heteroatoms. The van der Waals surface area contributed by atoms with Gasteiger partial charge in [-0.15, -0.1) is 0 Å². The zero-order valence-corrected chi connectivity index (χ0v) is 25.0. The van der Waals surface area contributed by atoms with Gasteiger partial charge in [-0.05, 0) is 92.3 Å². The number of benzene rings is 2. The fourth-order valence-electron chi connectivity index (χ4n) is 6.39.